The topological polar surface area (TPSA) is 81.7 Å². The average molecular weight is 362 g/mol. The fourth-order valence-electron chi connectivity index (χ4n) is 1.62. The second-order valence-corrected chi connectivity index (χ2v) is 4.65. The summed E-state index contributed by atoms with van der Waals surface area (Å²) >= 11 is 0. The number of halogens is 1. The van der Waals surface area contributed by atoms with Gasteiger partial charge in [-0.1, -0.05) is 0 Å². The maximum atomic E-state index is 14.2. The molecule has 142 valence electrons. The van der Waals surface area contributed by atoms with Gasteiger partial charge in [0.05, 0.1) is 26.4 Å². The van der Waals surface area contributed by atoms with E-state index in [9.17, 15) is 9.18 Å². The van der Waals surface area contributed by atoms with Crippen molar-refractivity contribution in [1.82, 2.24) is 0 Å². The van der Waals surface area contributed by atoms with Crippen molar-refractivity contribution in [2.24, 2.45) is 0 Å². The second kappa shape index (κ2) is 12.4. The van der Waals surface area contributed by atoms with Gasteiger partial charge in [-0.2, -0.15) is 0 Å². The normalized spacial score (nSPS) is 10.6. The van der Waals surface area contributed by atoms with Crippen LogP contribution in [0.1, 0.15) is 6.92 Å². The third-order valence-electron chi connectivity index (χ3n) is 2.69. The molecule has 0 bridgehead atoms. The average Bonchev–Trinajstić information content (AvgIpc) is 2.55. The molecule has 1 aromatic carbocycles. The molecule has 0 aliphatic carbocycles. The van der Waals surface area contributed by atoms with Crippen LogP contribution in [0.5, 0.6) is 17.2 Å². The first-order chi connectivity index (χ1) is 12.1. The van der Waals surface area contributed by atoms with E-state index in [1.54, 1.807) is 0 Å². The first kappa shape index (κ1) is 21.1. The van der Waals surface area contributed by atoms with Gasteiger partial charge < -0.3 is 33.2 Å². The third kappa shape index (κ3) is 8.64. The summed E-state index contributed by atoms with van der Waals surface area (Å²) in [4.78, 5) is 11.0. The molecule has 0 unspecified atom stereocenters. The van der Waals surface area contributed by atoms with Crippen molar-refractivity contribution in [3.05, 3.63) is 17.9 Å². The van der Waals surface area contributed by atoms with Gasteiger partial charge in [0.15, 0.2) is 30.9 Å². The van der Waals surface area contributed by atoms with Gasteiger partial charge in [-0.3, -0.25) is 4.79 Å². The first-order valence-electron chi connectivity index (χ1n) is 7.49. The van der Waals surface area contributed by atoms with E-state index in [0.29, 0.717) is 26.4 Å². The maximum Gasteiger partial charge on any atom is 0.308 e. The van der Waals surface area contributed by atoms with Crippen molar-refractivity contribution >= 4 is 5.97 Å². The van der Waals surface area contributed by atoms with Crippen LogP contribution in [-0.2, 0) is 23.7 Å². The molecule has 0 N–H and O–H groups in total. The molecule has 0 amide bonds. The second-order valence-electron chi connectivity index (χ2n) is 4.65. The number of methoxy groups -OCH3 is 2. The number of ether oxygens (including phenoxy) is 7. The lowest BCUT2D eigenvalue weighted by atomic mass is 10.3. The van der Waals surface area contributed by atoms with Gasteiger partial charge in [0.25, 0.3) is 0 Å². The maximum absolute atomic E-state index is 14.2. The van der Waals surface area contributed by atoms with E-state index in [1.165, 1.54) is 27.2 Å². The Morgan fingerprint density at radius 1 is 0.960 bits per heavy atom. The van der Waals surface area contributed by atoms with Crippen LogP contribution in [-0.4, -0.2) is 60.2 Å². The Morgan fingerprint density at radius 2 is 1.56 bits per heavy atom. The minimum atomic E-state index is -0.763. The molecule has 8 nitrogen and oxygen atoms in total. The lowest BCUT2D eigenvalue weighted by Gasteiger charge is -2.15. The van der Waals surface area contributed by atoms with Gasteiger partial charge in [-0.15, -0.1) is 0 Å². The number of hydrogen-bond acceptors (Lipinski definition) is 8. The smallest absolute Gasteiger partial charge is 0.308 e. The summed E-state index contributed by atoms with van der Waals surface area (Å²) in [6.45, 7) is 2.22. The van der Waals surface area contributed by atoms with Crippen LogP contribution in [0.15, 0.2) is 12.1 Å². The van der Waals surface area contributed by atoms with E-state index < -0.39 is 11.8 Å². The molecular weight excluding hydrogens is 339 g/mol. The number of rotatable bonds is 13. The van der Waals surface area contributed by atoms with Crippen molar-refractivity contribution in [2.75, 3.05) is 54.2 Å². The Kier molecular flexibility index (Phi) is 10.5. The van der Waals surface area contributed by atoms with Crippen molar-refractivity contribution in [2.45, 2.75) is 6.92 Å². The third-order valence-corrected chi connectivity index (χ3v) is 2.69. The van der Waals surface area contributed by atoms with Crippen LogP contribution < -0.4 is 14.2 Å². The zero-order valence-corrected chi connectivity index (χ0v) is 14.5. The highest BCUT2D eigenvalue weighted by Crippen LogP contribution is 2.35. The molecule has 0 spiro atoms. The molecule has 0 atom stereocenters. The predicted octanol–water partition coefficient (Wildman–Crippen LogP) is 1.75. The molecule has 0 aliphatic heterocycles. The van der Waals surface area contributed by atoms with Gasteiger partial charge >= 0.3 is 5.97 Å². The van der Waals surface area contributed by atoms with Gasteiger partial charge in [0.2, 0.25) is 0 Å². The SMILES string of the molecule is COCCOCOc1cc(OC(C)=O)cc(F)c1OCOCCOC. The van der Waals surface area contributed by atoms with E-state index in [0.717, 1.165) is 6.07 Å². The Labute approximate surface area is 145 Å². The molecule has 0 aliphatic rings. The molecule has 0 aromatic heterocycles. The Balaban J connectivity index is 2.74. The van der Waals surface area contributed by atoms with Crippen molar-refractivity contribution < 1.29 is 42.3 Å². The highest BCUT2D eigenvalue weighted by Gasteiger charge is 2.16. The van der Waals surface area contributed by atoms with Crippen molar-refractivity contribution in [1.29, 1.82) is 0 Å². The molecule has 9 heteroatoms. The molecule has 0 heterocycles. The number of carbonyl (C=O) groups excluding carboxylic acids is 1. The number of benzene rings is 1. The van der Waals surface area contributed by atoms with Crippen LogP contribution in [0.2, 0.25) is 0 Å². The minimum Gasteiger partial charge on any atom is -0.463 e. The van der Waals surface area contributed by atoms with Gasteiger partial charge in [0.1, 0.15) is 5.75 Å². The lowest BCUT2D eigenvalue weighted by molar-refractivity contribution is -0.131. The zero-order valence-electron chi connectivity index (χ0n) is 14.5. The van der Waals surface area contributed by atoms with Crippen LogP contribution in [0.3, 0.4) is 0 Å². The largest absolute Gasteiger partial charge is 0.463 e. The molecular formula is C16H23FO8. The van der Waals surface area contributed by atoms with E-state index >= 15 is 0 Å². The monoisotopic (exact) mass is 362 g/mol. The van der Waals surface area contributed by atoms with Crippen LogP contribution in [0.4, 0.5) is 4.39 Å². The van der Waals surface area contributed by atoms with Crippen molar-refractivity contribution in [3.63, 3.8) is 0 Å². The summed E-state index contributed by atoms with van der Waals surface area (Å²) in [6.07, 6.45) is 0. The summed E-state index contributed by atoms with van der Waals surface area (Å²) in [6, 6.07) is 2.35. The summed E-state index contributed by atoms with van der Waals surface area (Å²) in [5.74, 6) is -1.52. The first-order valence-corrected chi connectivity index (χ1v) is 7.49. The van der Waals surface area contributed by atoms with Crippen molar-refractivity contribution in [3.8, 4) is 17.2 Å². The summed E-state index contributed by atoms with van der Waals surface area (Å²) in [5, 5.41) is 0. The number of carbonyl (C=O) groups is 1. The molecule has 0 saturated carbocycles. The van der Waals surface area contributed by atoms with E-state index in [4.69, 9.17) is 33.2 Å². The van der Waals surface area contributed by atoms with Crippen LogP contribution in [0.25, 0.3) is 0 Å². The van der Waals surface area contributed by atoms with Crippen LogP contribution >= 0.6 is 0 Å². The number of esters is 1. The fraction of sp³-hybridized carbons (Fsp3) is 0.562. The molecule has 1 aromatic rings. The quantitative estimate of drug-likeness (QED) is 0.227. The molecule has 0 radical (unpaired) electrons. The lowest BCUT2D eigenvalue weighted by Crippen LogP contribution is -2.12. The standard InChI is InChI=1S/C16H23FO8/c1-12(18)25-13-8-14(17)16(24-11-22-7-5-20-3)15(9-13)23-10-21-6-4-19-2/h8-9H,4-7,10-11H2,1-3H3. The van der Waals surface area contributed by atoms with Gasteiger partial charge in [0, 0.05) is 33.3 Å². The number of hydrogen-bond donors (Lipinski definition) is 0. The molecule has 1 rings (SSSR count). The highest BCUT2D eigenvalue weighted by atomic mass is 19.1. The molecule has 0 fully saturated rings. The summed E-state index contributed by atoms with van der Waals surface area (Å²) in [5.41, 5.74) is 0. The Hall–Kier alpha value is -1.94. The minimum absolute atomic E-state index is 0.00968. The van der Waals surface area contributed by atoms with Crippen LogP contribution in [0, 0.1) is 5.82 Å². The summed E-state index contributed by atoms with van der Waals surface area (Å²) < 4.78 is 49.7. The fourth-order valence-corrected chi connectivity index (χ4v) is 1.62. The predicted molar refractivity (Wildman–Crippen MR) is 84.4 cm³/mol. The Bertz CT molecular complexity index is 523. The van der Waals surface area contributed by atoms with E-state index in [1.807, 2.05) is 0 Å². The van der Waals surface area contributed by atoms with E-state index in [2.05, 4.69) is 0 Å². The van der Waals surface area contributed by atoms with Gasteiger partial charge in [-0.05, 0) is 0 Å². The zero-order chi connectivity index (χ0) is 18.5. The highest BCUT2D eigenvalue weighted by molar-refractivity contribution is 5.69. The Morgan fingerprint density at radius 3 is 2.12 bits per heavy atom. The molecule has 25 heavy (non-hydrogen) atoms. The van der Waals surface area contributed by atoms with Gasteiger partial charge in [-0.25, -0.2) is 4.39 Å². The summed E-state index contributed by atoms with van der Waals surface area (Å²) in [7, 11) is 3.07. The van der Waals surface area contributed by atoms with E-state index in [-0.39, 0.29) is 30.8 Å². The molecule has 0 saturated heterocycles.